The minimum atomic E-state index is 0.868. The minimum absolute atomic E-state index is 0.868. The summed E-state index contributed by atoms with van der Waals surface area (Å²) in [4.78, 5) is 0. The molecule has 0 aromatic rings. The quantitative estimate of drug-likeness (QED) is 0.193. The molecule has 0 saturated heterocycles. The summed E-state index contributed by atoms with van der Waals surface area (Å²) in [6.07, 6.45) is 29.8. The Morgan fingerprint density at radius 1 is 0.478 bits per heavy atom. The lowest BCUT2D eigenvalue weighted by Gasteiger charge is -2.01. The van der Waals surface area contributed by atoms with Crippen molar-refractivity contribution in [3.63, 3.8) is 0 Å². The molecular formula is C22H45N. The zero-order chi connectivity index (χ0) is 16.8. The molecule has 0 spiro atoms. The average Bonchev–Trinajstić information content (AvgIpc) is 2.57. The number of nitrogens with two attached hydrogens (primary N) is 1. The summed E-state index contributed by atoms with van der Waals surface area (Å²) in [5, 5.41) is 0. The molecular weight excluding hydrogens is 278 g/mol. The van der Waals surface area contributed by atoms with Crippen molar-refractivity contribution < 1.29 is 0 Å². The van der Waals surface area contributed by atoms with Gasteiger partial charge in [-0.15, -0.1) is 0 Å². The van der Waals surface area contributed by atoms with Crippen LogP contribution < -0.4 is 5.73 Å². The summed E-state index contributed by atoms with van der Waals surface area (Å²) < 4.78 is 0. The van der Waals surface area contributed by atoms with E-state index in [0.29, 0.717) is 0 Å². The highest BCUT2D eigenvalue weighted by Gasteiger charge is 1.92. The first-order chi connectivity index (χ1) is 11.4. The van der Waals surface area contributed by atoms with E-state index in [1.54, 1.807) is 0 Å². The van der Waals surface area contributed by atoms with Gasteiger partial charge in [-0.2, -0.15) is 0 Å². The molecule has 2 N–H and O–H groups in total. The van der Waals surface area contributed by atoms with Gasteiger partial charge in [0.2, 0.25) is 0 Å². The van der Waals surface area contributed by atoms with E-state index in [1.165, 1.54) is 116 Å². The SMILES string of the molecule is CCCCCCCC/C=C\CCCCCCCCCCCCN. The van der Waals surface area contributed by atoms with Crippen molar-refractivity contribution >= 4 is 0 Å². The molecule has 1 nitrogen and oxygen atoms in total. The molecule has 0 unspecified atom stereocenters. The van der Waals surface area contributed by atoms with Gasteiger partial charge in [-0.1, -0.05) is 103 Å². The molecule has 1 heteroatoms. The number of hydrogen-bond donors (Lipinski definition) is 1. The zero-order valence-corrected chi connectivity index (χ0v) is 16.2. The van der Waals surface area contributed by atoms with Crippen molar-refractivity contribution in [1.29, 1.82) is 0 Å². The van der Waals surface area contributed by atoms with E-state index in [0.717, 1.165) is 6.54 Å². The van der Waals surface area contributed by atoms with Crippen LogP contribution in [-0.4, -0.2) is 6.54 Å². The van der Waals surface area contributed by atoms with E-state index >= 15 is 0 Å². The average molecular weight is 324 g/mol. The third-order valence-corrected chi connectivity index (χ3v) is 4.72. The maximum absolute atomic E-state index is 5.50. The Balaban J connectivity index is 3.02. The minimum Gasteiger partial charge on any atom is -0.330 e. The van der Waals surface area contributed by atoms with Gasteiger partial charge in [0.15, 0.2) is 0 Å². The Kier molecular flexibility index (Phi) is 21.4. The van der Waals surface area contributed by atoms with Crippen LogP contribution in [0.2, 0.25) is 0 Å². The lowest BCUT2D eigenvalue weighted by Crippen LogP contribution is -1.97. The van der Waals surface area contributed by atoms with E-state index < -0.39 is 0 Å². The molecule has 0 aliphatic carbocycles. The van der Waals surface area contributed by atoms with E-state index in [1.807, 2.05) is 0 Å². The number of hydrogen-bond acceptors (Lipinski definition) is 1. The Morgan fingerprint density at radius 3 is 1.22 bits per heavy atom. The van der Waals surface area contributed by atoms with Crippen molar-refractivity contribution in [2.24, 2.45) is 5.73 Å². The largest absolute Gasteiger partial charge is 0.330 e. The van der Waals surface area contributed by atoms with Gasteiger partial charge in [-0.3, -0.25) is 0 Å². The molecule has 0 saturated carbocycles. The Morgan fingerprint density at radius 2 is 0.826 bits per heavy atom. The van der Waals surface area contributed by atoms with Crippen LogP contribution in [0.1, 0.15) is 122 Å². The molecule has 0 rings (SSSR count). The van der Waals surface area contributed by atoms with Crippen molar-refractivity contribution in [2.75, 3.05) is 6.54 Å². The van der Waals surface area contributed by atoms with Crippen LogP contribution >= 0.6 is 0 Å². The molecule has 0 aliphatic rings. The summed E-state index contributed by atoms with van der Waals surface area (Å²) in [6.45, 7) is 3.15. The molecule has 0 amide bonds. The van der Waals surface area contributed by atoms with E-state index in [4.69, 9.17) is 5.73 Å². The van der Waals surface area contributed by atoms with Crippen LogP contribution in [0.5, 0.6) is 0 Å². The smallest absolute Gasteiger partial charge is 0.00773 e. The predicted octanol–water partition coefficient (Wildman–Crippen LogP) is 7.54. The summed E-state index contributed by atoms with van der Waals surface area (Å²) in [5.74, 6) is 0. The molecule has 0 aromatic heterocycles. The maximum Gasteiger partial charge on any atom is -0.00773 e. The lowest BCUT2D eigenvalue weighted by molar-refractivity contribution is 0.554. The highest BCUT2D eigenvalue weighted by atomic mass is 14.5. The Bertz CT molecular complexity index is 222. The van der Waals surface area contributed by atoms with Crippen LogP contribution in [-0.2, 0) is 0 Å². The first kappa shape index (κ1) is 22.7. The first-order valence-electron chi connectivity index (χ1n) is 10.8. The zero-order valence-electron chi connectivity index (χ0n) is 16.2. The third kappa shape index (κ3) is 21.7. The topological polar surface area (TPSA) is 26.0 Å². The molecule has 0 heterocycles. The van der Waals surface area contributed by atoms with Crippen LogP contribution in [0, 0.1) is 0 Å². The third-order valence-electron chi connectivity index (χ3n) is 4.72. The fourth-order valence-corrected chi connectivity index (χ4v) is 3.10. The van der Waals surface area contributed by atoms with Crippen LogP contribution in [0.25, 0.3) is 0 Å². The lowest BCUT2D eigenvalue weighted by atomic mass is 10.1. The second-order valence-corrected chi connectivity index (χ2v) is 7.14. The summed E-state index contributed by atoms with van der Waals surface area (Å²) in [5.41, 5.74) is 5.50. The molecule has 0 radical (unpaired) electrons. The van der Waals surface area contributed by atoms with Gasteiger partial charge in [0.05, 0.1) is 0 Å². The number of rotatable bonds is 19. The van der Waals surface area contributed by atoms with Crippen LogP contribution in [0.4, 0.5) is 0 Å². The van der Waals surface area contributed by atoms with Crippen molar-refractivity contribution in [2.45, 2.75) is 122 Å². The second-order valence-electron chi connectivity index (χ2n) is 7.14. The fraction of sp³-hybridized carbons (Fsp3) is 0.909. The molecule has 0 fully saturated rings. The van der Waals surface area contributed by atoms with Gasteiger partial charge < -0.3 is 5.73 Å². The predicted molar refractivity (Wildman–Crippen MR) is 107 cm³/mol. The van der Waals surface area contributed by atoms with Crippen molar-refractivity contribution in [3.8, 4) is 0 Å². The van der Waals surface area contributed by atoms with E-state index in [9.17, 15) is 0 Å². The van der Waals surface area contributed by atoms with Gasteiger partial charge in [0.25, 0.3) is 0 Å². The van der Waals surface area contributed by atoms with Gasteiger partial charge in [0.1, 0.15) is 0 Å². The Labute approximate surface area is 147 Å². The fourth-order valence-electron chi connectivity index (χ4n) is 3.10. The van der Waals surface area contributed by atoms with Gasteiger partial charge in [-0.05, 0) is 38.6 Å². The van der Waals surface area contributed by atoms with E-state index in [2.05, 4.69) is 19.1 Å². The van der Waals surface area contributed by atoms with Crippen molar-refractivity contribution in [3.05, 3.63) is 12.2 Å². The normalized spacial score (nSPS) is 11.6. The molecule has 23 heavy (non-hydrogen) atoms. The molecule has 138 valence electrons. The highest BCUT2D eigenvalue weighted by molar-refractivity contribution is 4.81. The monoisotopic (exact) mass is 323 g/mol. The van der Waals surface area contributed by atoms with E-state index in [-0.39, 0.29) is 0 Å². The first-order valence-corrected chi connectivity index (χ1v) is 10.8. The number of allylic oxidation sites excluding steroid dienone is 2. The molecule has 0 bridgehead atoms. The van der Waals surface area contributed by atoms with Gasteiger partial charge in [0, 0.05) is 0 Å². The van der Waals surface area contributed by atoms with Gasteiger partial charge in [-0.25, -0.2) is 0 Å². The number of unbranched alkanes of at least 4 members (excludes halogenated alkanes) is 16. The molecule has 0 aromatic carbocycles. The van der Waals surface area contributed by atoms with Gasteiger partial charge >= 0.3 is 0 Å². The summed E-state index contributed by atoms with van der Waals surface area (Å²) in [6, 6.07) is 0. The summed E-state index contributed by atoms with van der Waals surface area (Å²) in [7, 11) is 0. The second kappa shape index (κ2) is 21.7. The van der Waals surface area contributed by atoms with Crippen molar-refractivity contribution in [1.82, 2.24) is 0 Å². The van der Waals surface area contributed by atoms with Crippen LogP contribution in [0.15, 0.2) is 12.2 Å². The molecule has 0 aliphatic heterocycles. The molecule has 0 atom stereocenters. The highest BCUT2D eigenvalue weighted by Crippen LogP contribution is 2.12. The maximum atomic E-state index is 5.50. The Hall–Kier alpha value is -0.300. The van der Waals surface area contributed by atoms with Crippen LogP contribution in [0.3, 0.4) is 0 Å². The standard InChI is InChI=1S/C22H45N/c1-2-3-4-5-6-7-8-9-10-11-12-13-14-15-16-17-18-19-20-21-22-23/h9-10H,2-8,11-23H2,1H3/b10-9-. The summed E-state index contributed by atoms with van der Waals surface area (Å²) >= 11 is 0.